The predicted molar refractivity (Wildman–Crippen MR) is 107 cm³/mol. The van der Waals surface area contributed by atoms with Crippen LogP contribution in [0.25, 0.3) is 0 Å². The molecule has 0 fully saturated rings. The Morgan fingerprint density at radius 2 is 1.29 bits per heavy atom. The molecule has 0 unspecified atom stereocenters. The number of nitrogens with zero attached hydrogens (tertiary/aromatic N) is 1. The largest absolute Gasteiger partial charge is 2.00 e. The summed E-state index contributed by atoms with van der Waals surface area (Å²) >= 11 is 0. The quantitative estimate of drug-likeness (QED) is 0.160. The third kappa shape index (κ3) is 9.12. The fourth-order valence-corrected chi connectivity index (χ4v) is 2.50. The minimum Gasteiger partial charge on any atom is -1.00 e. The van der Waals surface area contributed by atoms with Crippen molar-refractivity contribution < 1.29 is 52.9 Å². The van der Waals surface area contributed by atoms with E-state index in [0.29, 0.717) is 60.7 Å². The number of halogens is 1. The van der Waals surface area contributed by atoms with Gasteiger partial charge in [-0.05, 0) is 19.0 Å². The van der Waals surface area contributed by atoms with E-state index in [1.807, 2.05) is 0 Å². The first-order valence-electron chi connectivity index (χ1n) is 8.74. The molecule has 0 spiro atoms. The molecule has 0 amide bonds. The summed E-state index contributed by atoms with van der Waals surface area (Å²) in [4.78, 5) is 33.4. The maximum atomic E-state index is 12.7. The van der Waals surface area contributed by atoms with E-state index in [-0.39, 0.29) is 45.0 Å². The van der Waals surface area contributed by atoms with Crippen molar-refractivity contribution in [2.75, 3.05) is 26.2 Å². The van der Waals surface area contributed by atoms with Gasteiger partial charge in [-0.3, -0.25) is 9.59 Å². The Bertz CT molecular complexity index is 863. The molecule has 0 aliphatic heterocycles. The number of rotatable bonds is 5. The van der Waals surface area contributed by atoms with Gasteiger partial charge in [-0.15, -0.1) is 0 Å². The molecule has 1 aliphatic carbocycles. The number of carbonyl (C=O) groups excluding carboxylic acids is 2. The van der Waals surface area contributed by atoms with Crippen molar-refractivity contribution >= 4 is 11.6 Å². The molecule has 172 valence electrons. The average molecular weight is 634 g/mol. The predicted octanol–water partition coefficient (Wildman–Crippen LogP) is -2.14. The van der Waals surface area contributed by atoms with Crippen LogP contribution < -0.4 is 34.3 Å². The Morgan fingerprint density at radius 1 is 0.806 bits per heavy atom. The van der Waals surface area contributed by atoms with Crippen LogP contribution in [0.4, 0.5) is 0 Å². The Balaban J connectivity index is 0. The molecular weight excluding hydrogens is 611 g/mol. The summed E-state index contributed by atoms with van der Waals surface area (Å²) in [6.45, 7) is 2.14. The van der Waals surface area contributed by atoms with Gasteiger partial charge in [0.1, 0.15) is 5.75 Å². The minimum absolute atomic E-state index is 0. The number of hydrogen-bond acceptors (Lipinski definition) is 9. The van der Waals surface area contributed by atoms with E-state index < -0.39 is 5.09 Å². The van der Waals surface area contributed by atoms with E-state index in [0.717, 1.165) is 0 Å². The van der Waals surface area contributed by atoms with Crippen LogP contribution in [0.1, 0.15) is 38.3 Å². The van der Waals surface area contributed by atoms with Gasteiger partial charge < -0.3 is 49.7 Å². The Labute approximate surface area is 199 Å². The molecule has 0 heterocycles. The van der Waals surface area contributed by atoms with Crippen molar-refractivity contribution in [3.63, 3.8) is 0 Å². The fraction of sp³-hybridized carbons (Fsp3) is 0.263. The van der Waals surface area contributed by atoms with E-state index in [1.54, 1.807) is 42.5 Å². The first kappa shape index (κ1) is 30.8. The standard InChI is InChI=1S/C17H15NO3.C2H8N2.ClH.NO3.Pt/c18-9-4-10-21-14-8-3-7-13-15(14)17(20)12-6-2-1-5-11(12)16(13)19;3-1-2-4;;2-1(3)4;/h1-3,5-8H,4,9-10,18H2;1-4H2;1H;;/q;;;-1;+2/p-1. The molecule has 0 atom stereocenters. The SMILES string of the molecule is NCCCOc1cccc2c1C(=O)c1ccccc1C2=O.NCCN.O=[N+]([O-])[O-].[Cl-].[Pt+2]. The van der Waals surface area contributed by atoms with Crippen LogP contribution in [0.3, 0.4) is 0 Å². The Morgan fingerprint density at radius 3 is 1.77 bits per heavy atom. The van der Waals surface area contributed by atoms with Crippen molar-refractivity contribution in [2.24, 2.45) is 17.2 Å². The van der Waals surface area contributed by atoms with Gasteiger partial charge in [-0.25, -0.2) is 0 Å². The molecule has 2 aromatic carbocycles. The first-order valence-corrected chi connectivity index (χ1v) is 8.74. The van der Waals surface area contributed by atoms with E-state index >= 15 is 0 Å². The number of ketones is 2. The number of nitrogens with two attached hydrogens (primary N) is 3. The van der Waals surface area contributed by atoms with Crippen molar-refractivity contribution in [2.45, 2.75) is 6.42 Å². The van der Waals surface area contributed by atoms with Gasteiger partial charge in [0, 0.05) is 29.8 Å². The number of benzene rings is 2. The van der Waals surface area contributed by atoms with Crippen LogP contribution in [-0.2, 0) is 21.1 Å². The topological polar surface area (TPSA) is 188 Å². The molecule has 0 saturated heterocycles. The zero-order valence-electron chi connectivity index (χ0n) is 16.4. The van der Waals surface area contributed by atoms with Crippen LogP contribution in [0.2, 0.25) is 0 Å². The molecule has 6 N–H and O–H groups in total. The minimum atomic E-state index is -1.75. The van der Waals surface area contributed by atoms with Gasteiger partial charge in [0.2, 0.25) is 0 Å². The molecule has 31 heavy (non-hydrogen) atoms. The van der Waals surface area contributed by atoms with Crippen molar-refractivity contribution in [1.82, 2.24) is 0 Å². The van der Waals surface area contributed by atoms with Crippen LogP contribution in [0, 0.1) is 15.3 Å². The molecule has 0 aromatic heterocycles. The van der Waals surface area contributed by atoms with Crippen LogP contribution >= 0.6 is 0 Å². The maximum Gasteiger partial charge on any atom is 2.00 e. The molecule has 2 aromatic rings. The Hall–Kier alpha value is -2.36. The van der Waals surface area contributed by atoms with E-state index in [9.17, 15) is 9.59 Å². The van der Waals surface area contributed by atoms with E-state index in [2.05, 4.69) is 0 Å². The second kappa shape index (κ2) is 16.3. The Kier molecular flexibility index (Phi) is 16.3. The molecule has 0 radical (unpaired) electrons. The average Bonchev–Trinajstić information content (AvgIpc) is 2.72. The second-order valence-electron chi connectivity index (χ2n) is 5.67. The zero-order chi connectivity index (χ0) is 21.8. The molecule has 0 bridgehead atoms. The molecule has 10 nitrogen and oxygen atoms in total. The van der Waals surface area contributed by atoms with Crippen LogP contribution in [-0.4, -0.2) is 42.9 Å². The van der Waals surface area contributed by atoms with Crippen molar-refractivity contribution in [3.8, 4) is 5.75 Å². The molecule has 0 saturated carbocycles. The third-order valence-electron chi connectivity index (χ3n) is 3.69. The number of hydrogen-bond donors (Lipinski definition) is 3. The molecular formula is C19H23ClN4O6Pt. The summed E-state index contributed by atoms with van der Waals surface area (Å²) in [5.74, 6) is 0.154. The van der Waals surface area contributed by atoms with Gasteiger partial charge in [0.05, 0.1) is 17.3 Å². The second-order valence-corrected chi connectivity index (χ2v) is 5.67. The third-order valence-corrected chi connectivity index (χ3v) is 3.69. The number of carbonyl (C=O) groups is 2. The van der Waals surface area contributed by atoms with Gasteiger partial charge >= 0.3 is 21.1 Å². The zero-order valence-corrected chi connectivity index (χ0v) is 19.4. The summed E-state index contributed by atoms with van der Waals surface area (Å²) < 4.78 is 5.63. The smallest absolute Gasteiger partial charge is 1.00 e. The molecule has 3 rings (SSSR count). The first-order chi connectivity index (χ1) is 13.9. The van der Waals surface area contributed by atoms with Crippen molar-refractivity contribution in [1.29, 1.82) is 0 Å². The van der Waals surface area contributed by atoms with Gasteiger partial charge in [0.15, 0.2) is 11.6 Å². The van der Waals surface area contributed by atoms with Crippen molar-refractivity contribution in [3.05, 3.63) is 80.0 Å². The number of ether oxygens (including phenoxy) is 1. The van der Waals surface area contributed by atoms with E-state index in [1.165, 1.54) is 0 Å². The summed E-state index contributed by atoms with van der Waals surface area (Å²) in [6, 6.07) is 12.0. The fourth-order valence-electron chi connectivity index (χ4n) is 2.50. The van der Waals surface area contributed by atoms with Gasteiger partial charge in [-0.2, -0.15) is 0 Å². The summed E-state index contributed by atoms with van der Waals surface area (Å²) in [6.07, 6.45) is 0.697. The van der Waals surface area contributed by atoms with Crippen LogP contribution in [0.5, 0.6) is 5.75 Å². The molecule has 12 heteroatoms. The van der Waals surface area contributed by atoms with Crippen LogP contribution in [0.15, 0.2) is 42.5 Å². The summed E-state index contributed by atoms with van der Waals surface area (Å²) in [5, 5.41) is 14.8. The molecule has 1 aliphatic rings. The van der Waals surface area contributed by atoms with Gasteiger partial charge in [-0.1, -0.05) is 36.4 Å². The maximum absolute atomic E-state index is 12.7. The van der Waals surface area contributed by atoms with E-state index in [4.69, 9.17) is 37.3 Å². The number of fused-ring (bicyclic) bond motifs is 2. The summed E-state index contributed by atoms with van der Waals surface area (Å²) in [7, 11) is 0. The normalized spacial score (nSPS) is 10.4. The van der Waals surface area contributed by atoms with Gasteiger partial charge in [0.25, 0.3) is 0 Å². The monoisotopic (exact) mass is 633 g/mol. The summed E-state index contributed by atoms with van der Waals surface area (Å²) in [5.41, 5.74) is 16.9.